The number of nitrogens with zero attached hydrogens (tertiary/aromatic N) is 3. The fraction of sp³-hybridized carbons (Fsp3) is 0.370. The van der Waals surface area contributed by atoms with E-state index < -0.39 is 41.6 Å². The number of benzene rings is 2. The summed E-state index contributed by atoms with van der Waals surface area (Å²) >= 11 is 6.15. The maximum Gasteiger partial charge on any atom is 0.390 e. The van der Waals surface area contributed by atoms with Crippen molar-refractivity contribution < 1.29 is 41.2 Å². The smallest absolute Gasteiger partial charge is 0.390 e. The number of piperazine rings is 1. The molecule has 2 aromatic carbocycles. The molecule has 15 heteroatoms. The molecule has 1 fully saturated rings. The van der Waals surface area contributed by atoms with E-state index in [1.54, 1.807) is 11.0 Å². The average Bonchev–Trinajstić information content (AvgIpc) is 3.36. The summed E-state index contributed by atoms with van der Waals surface area (Å²) in [4.78, 5) is 28.6. The molecule has 0 spiro atoms. The number of carbonyl (C=O) groups is 2. The highest BCUT2D eigenvalue weighted by atomic mass is 35.5. The lowest BCUT2D eigenvalue weighted by Gasteiger charge is -2.37. The highest BCUT2D eigenvalue weighted by molar-refractivity contribution is 6.31. The summed E-state index contributed by atoms with van der Waals surface area (Å²) in [5, 5.41) is 18.1. The predicted octanol–water partition coefficient (Wildman–Crippen LogP) is 4.89. The molecule has 9 nitrogen and oxygen atoms in total. The van der Waals surface area contributed by atoms with E-state index in [-0.39, 0.29) is 43.1 Å². The zero-order valence-electron chi connectivity index (χ0n) is 22.1. The number of nitrogens with one attached hydrogen (secondary N) is 2. The second-order valence-electron chi connectivity index (χ2n) is 9.65. The Morgan fingerprint density at radius 2 is 1.79 bits per heavy atom. The first-order valence-corrected chi connectivity index (χ1v) is 13.3. The lowest BCUT2D eigenvalue weighted by Crippen LogP contribution is -2.47. The summed E-state index contributed by atoms with van der Waals surface area (Å²) in [5.74, 6) is -4.46. The maximum atomic E-state index is 14.9. The molecule has 42 heavy (non-hydrogen) atoms. The van der Waals surface area contributed by atoms with E-state index in [2.05, 4.69) is 20.3 Å². The van der Waals surface area contributed by atoms with Crippen LogP contribution in [0.15, 0.2) is 41.1 Å². The van der Waals surface area contributed by atoms with E-state index in [9.17, 15) is 36.6 Å². The second kappa shape index (κ2) is 13.4. The summed E-state index contributed by atoms with van der Waals surface area (Å²) in [5.41, 5.74) is 0.336. The Kier molecular flexibility index (Phi) is 9.89. The quantitative estimate of drug-likeness (QED) is 0.279. The third kappa shape index (κ3) is 8.10. The summed E-state index contributed by atoms with van der Waals surface area (Å²) in [6, 6.07) is 6.87. The lowest BCUT2D eigenvalue weighted by molar-refractivity contribution is -0.138. The van der Waals surface area contributed by atoms with Crippen LogP contribution >= 0.6 is 11.6 Å². The Morgan fingerprint density at radius 3 is 2.45 bits per heavy atom. The Balaban J connectivity index is 1.37. The summed E-state index contributed by atoms with van der Waals surface area (Å²) < 4.78 is 72.0. The van der Waals surface area contributed by atoms with Gasteiger partial charge in [0.25, 0.3) is 11.8 Å². The molecule has 3 N–H and O–H groups in total. The first kappa shape index (κ1) is 31.0. The van der Waals surface area contributed by atoms with Gasteiger partial charge in [0.15, 0.2) is 11.6 Å². The number of amides is 2. The fourth-order valence-electron chi connectivity index (χ4n) is 4.41. The number of aryl methyl sites for hydroxylation is 1. The van der Waals surface area contributed by atoms with E-state index in [0.29, 0.717) is 42.5 Å². The van der Waals surface area contributed by atoms with Gasteiger partial charge in [-0.2, -0.15) is 13.2 Å². The van der Waals surface area contributed by atoms with Crippen LogP contribution in [0.1, 0.15) is 34.3 Å². The Bertz CT molecular complexity index is 1430. The highest BCUT2D eigenvalue weighted by Gasteiger charge is 2.29. The zero-order chi connectivity index (χ0) is 30.4. The highest BCUT2D eigenvalue weighted by Crippen LogP contribution is 2.31. The van der Waals surface area contributed by atoms with Crippen LogP contribution in [-0.2, 0) is 17.8 Å². The molecule has 1 aliphatic rings. The maximum absolute atomic E-state index is 14.9. The molecule has 1 saturated heterocycles. The monoisotopic (exact) mass is 615 g/mol. The third-order valence-electron chi connectivity index (χ3n) is 6.76. The molecule has 0 unspecified atom stereocenters. The largest absolute Gasteiger partial charge is 0.491 e. The SMILES string of the molecule is O=C(CCc1conc1O)NCc1ccc(C(=O)Nc2ccc(Cl)cc2N2CCN(CCC(F)(F)F)CC2)c(F)c1F. The van der Waals surface area contributed by atoms with Gasteiger partial charge in [0.1, 0.15) is 6.26 Å². The number of hydrogen-bond donors (Lipinski definition) is 3. The molecule has 0 atom stereocenters. The van der Waals surface area contributed by atoms with Gasteiger partial charge in [-0.25, -0.2) is 8.78 Å². The summed E-state index contributed by atoms with van der Waals surface area (Å²) in [6.07, 6.45) is -3.90. The molecule has 2 heterocycles. The van der Waals surface area contributed by atoms with Gasteiger partial charge in [0, 0.05) is 56.3 Å². The molecule has 4 rings (SSSR count). The van der Waals surface area contributed by atoms with E-state index in [0.717, 1.165) is 6.07 Å². The van der Waals surface area contributed by atoms with E-state index in [4.69, 9.17) is 11.6 Å². The van der Waals surface area contributed by atoms with Gasteiger partial charge in [0.2, 0.25) is 5.91 Å². The van der Waals surface area contributed by atoms with Crippen molar-refractivity contribution in [1.82, 2.24) is 15.4 Å². The molecule has 0 aliphatic carbocycles. The fourth-order valence-corrected chi connectivity index (χ4v) is 4.58. The number of hydrogen-bond acceptors (Lipinski definition) is 7. The van der Waals surface area contributed by atoms with Crippen LogP contribution in [0.4, 0.5) is 33.3 Å². The molecule has 1 aliphatic heterocycles. The number of carbonyl (C=O) groups excluding carboxylic acids is 2. The van der Waals surface area contributed by atoms with Crippen molar-refractivity contribution >= 4 is 34.8 Å². The number of halogens is 6. The van der Waals surface area contributed by atoms with Gasteiger partial charge < -0.3 is 25.2 Å². The zero-order valence-corrected chi connectivity index (χ0v) is 22.9. The number of anilines is 2. The number of aromatic hydroxyl groups is 1. The predicted molar refractivity (Wildman–Crippen MR) is 143 cm³/mol. The molecule has 1 aromatic heterocycles. The molecule has 0 saturated carbocycles. The number of aromatic nitrogens is 1. The minimum atomic E-state index is -4.24. The molecule has 0 bridgehead atoms. The molecule has 3 aromatic rings. The van der Waals surface area contributed by atoms with Crippen molar-refractivity contribution in [3.63, 3.8) is 0 Å². The van der Waals surface area contributed by atoms with Crippen molar-refractivity contribution in [2.75, 3.05) is 42.9 Å². The van der Waals surface area contributed by atoms with Gasteiger partial charge in [-0.1, -0.05) is 17.7 Å². The van der Waals surface area contributed by atoms with Crippen LogP contribution < -0.4 is 15.5 Å². The van der Waals surface area contributed by atoms with Gasteiger partial charge in [-0.3, -0.25) is 14.5 Å². The van der Waals surface area contributed by atoms with Crippen LogP contribution in [0.5, 0.6) is 5.88 Å². The Labute approximate surface area is 242 Å². The van der Waals surface area contributed by atoms with Gasteiger partial charge >= 0.3 is 6.18 Å². The van der Waals surface area contributed by atoms with Crippen LogP contribution in [0.2, 0.25) is 5.02 Å². The van der Waals surface area contributed by atoms with Crippen molar-refractivity contribution in [3.05, 3.63) is 69.9 Å². The molecule has 2 amide bonds. The standard InChI is InChI=1S/C27H27ClF5N5O4/c28-18-3-5-20(21(13-18)38-11-9-37(10-12-38)8-7-27(31,32)33)35-26(41)19-4-1-16(23(29)24(19)30)14-34-22(39)6-2-17-15-42-36-25(17)40/h1,3-5,13,15H,2,6-12,14H2,(H,34,39)(H,35,41)(H,36,40). The van der Waals surface area contributed by atoms with E-state index in [1.165, 1.54) is 24.5 Å². The summed E-state index contributed by atoms with van der Waals surface area (Å²) in [6.45, 7) is 0.993. The normalized spacial score (nSPS) is 14.2. The van der Waals surface area contributed by atoms with Gasteiger partial charge in [0.05, 0.1) is 28.9 Å². The topological polar surface area (TPSA) is 111 Å². The minimum absolute atomic E-state index is 0.0641. The van der Waals surface area contributed by atoms with E-state index >= 15 is 0 Å². The third-order valence-corrected chi connectivity index (χ3v) is 6.99. The second-order valence-corrected chi connectivity index (χ2v) is 10.1. The van der Waals surface area contributed by atoms with Crippen molar-refractivity contribution in [3.8, 4) is 5.88 Å². The molecule has 0 radical (unpaired) electrons. The molecular weight excluding hydrogens is 589 g/mol. The molecule has 226 valence electrons. The van der Waals surface area contributed by atoms with Crippen molar-refractivity contribution in [2.45, 2.75) is 32.0 Å². The van der Waals surface area contributed by atoms with Crippen LogP contribution in [-0.4, -0.2) is 65.9 Å². The van der Waals surface area contributed by atoms with Gasteiger partial charge in [-0.15, -0.1) is 0 Å². The Hall–Kier alpha value is -3.91. The van der Waals surface area contributed by atoms with Crippen molar-refractivity contribution in [2.24, 2.45) is 0 Å². The molecular formula is C27H27ClF5N5O4. The minimum Gasteiger partial charge on any atom is -0.491 e. The average molecular weight is 616 g/mol. The Morgan fingerprint density at radius 1 is 1.05 bits per heavy atom. The van der Waals surface area contributed by atoms with E-state index in [1.807, 2.05) is 4.90 Å². The number of rotatable bonds is 10. The van der Waals surface area contributed by atoms with Crippen LogP contribution in [0, 0.1) is 11.6 Å². The first-order chi connectivity index (χ1) is 19.9. The summed E-state index contributed by atoms with van der Waals surface area (Å²) in [7, 11) is 0. The van der Waals surface area contributed by atoms with Gasteiger partial charge in [-0.05, 0) is 35.8 Å². The van der Waals surface area contributed by atoms with Crippen LogP contribution in [0.25, 0.3) is 0 Å². The number of alkyl halides is 3. The lowest BCUT2D eigenvalue weighted by atomic mass is 10.1. The van der Waals surface area contributed by atoms with Crippen molar-refractivity contribution in [1.29, 1.82) is 0 Å². The first-order valence-electron chi connectivity index (χ1n) is 12.9. The van der Waals surface area contributed by atoms with Crippen LogP contribution in [0.3, 0.4) is 0 Å².